The number of benzene rings is 1. The lowest BCUT2D eigenvalue weighted by Crippen LogP contribution is -2.35. The third-order valence-corrected chi connectivity index (χ3v) is 4.67. The van der Waals surface area contributed by atoms with Gasteiger partial charge in [-0.15, -0.1) is 0 Å². The van der Waals surface area contributed by atoms with E-state index in [1.54, 1.807) is 12.4 Å². The molecule has 1 aliphatic heterocycles. The summed E-state index contributed by atoms with van der Waals surface area (Å²) in [5.41, 5.74) is 1.80. The minimum absolute atomic E-state index is 0.386. The fraction of sp³-hybridized carbons (Fsp3) is 0.312. The number of likely N-dealkylation sites (N-methyl/N-ethyl adjacent to an activating group) is 1. The van der Waals surface area contributed by atoms with Crippen LogP contribution in [0.15, 0.2) is 41.1 Å². The summed E-state index contributed by atoms with van der Waals surface area (Å²) in [6, 6.07) is 10.3. The average Bonchev–Trinajstić information content (AvgIpc) is 3.05. The van der Waals surface area contributed by atoms with Gasteiger partial charge in [-0.05, 0) is 46.6 Å². The van der Waals surface area contributed by atoms with Crippen molar-refractivity contribution in [2.24, 2.45) is 0 Å². The highest BCUT2D eigenvalue weighted by Gasteiger charge is 2.27. The number of rotatable bonds is 3. The zero-order valence-electron chi connectivity index (χ0n) is 12.3. The summed E-state index contributed by atoms with van der Waals surface area (Å²) in [5.74, 6) is 0.760. The average molecular weight is 358 g/mol. The molecule has 22 heavy (non-hydrogen) atoms. The summed E-state index contributed by atoms with van der Waals surface area (Å²) in [6.45, 7) is 1.91. The summed E-state index contributed by atoms with van der Waals surface area (Å²) in [5, 5.41) is 9.00. The molecule has 0 bridgehead atoms. The van der Waals surface area contributed by atoms with Crippen LogP contribution in [0.5, 0.6) is 0 Å². The Morgan fingerprint density at radius 2 is 2.14 bits per heavy atom. The zero-order valence-corrected chi connectivity index (χ0v) is 13.9. The molecule has 6 heteroatoms. The highest BCUT2D eigenvalue weighted by molar-refractivity contribution is 9.10. The van der Waals surface area contributed by atoms with Crippen LogP contribution >= 0.6 is 15.9 Å². The Balaban J connectivity index is 1.72. The fourth-order valence-corrected chi connectivity index (χ4v) is 3.18. The fourth-order valence-electron chi connectivity index (χ4n) is 2.72. The van der Waals surface area contributed by atoms with E-state index in [0.29, 0.717) is 11.6 Å². The van der Waals surface area contributed by atoms with Crippen LogP contribution in [0.4, 0.5) is 11.6 Å². The van der Waals surface area contributed by atoms with Crippen molar-refractivity contribution in [2.75, 3.05) is 29.9 Å². The van der Waals surface area contributed by atoms with Gasteiger partial charge in [0, 0.05) is 42.7 Å². The predicted molar refractivity (Wildman–Crippen MR) is 89.9 cm³/mol. The third-order valence-electron chi connectivity index (χ3n) is 4.02. The van der Waals surface area contributed by atoms with Gasteiger partial charge >= 0.3 is 0 Å². The van der Waals surface area contributed by atoms with E-state index < -0.39 is 0 Å². The molecule has 1 fully saturated rings. The van der Waals surface area contributed by atoms with Crippen molar-refractivity contribution in [3.63, 3.8) is 0 Å². The van der Waals surface area contributed by atoms with E-state index in [9.17, 15) is 0 Å². The number of hydrogen-bond acceptors (Lipinski definition) is 5. The van der Waals surface area contributed by atoms with Crippen molar-refractivity contribution < 1.29 is 0 Å². The molecule has 112 valence electrons. The van der Waals surface area contributed by atoms with E-state index in [0.717, 1.165) is 35.6 Å². The van der Waals surface area contributed by atoms with Crippen molar-refractivity contribution in [3.8, 4) is 6.07 Å². The molecular formula is C16H16BrN5. The van der Waals surface area contributed by atoms with E-state index in [-0.39, 0.29) is 0 Å². The minimum Gasteiger partial charge on any atom is -0.369 e. The lowest BCUT2D eigenvalue weighted by atomic mass is 10.2. The van der Waals surface area contributed by atoms with Crippen LogP contribution in [0.2, 0.25) is 0 Å². The normalized spacial score (nSPS) is 17.3. The molecule has 0 N–H and O–H groups in total. The number of nitriles is 1. The molecule has 1 aromatic heterocycles. The Labute approximate surface area is 138 Å². The van der Waals surface area contributed by atoms with Crippen molar-refractivity contribution in [3.05, 3.63) is 46.7 Å². The Bertz CT molecular complexity index is 697. The quantitative estimate of drug-likeness (QED) is 0.845. The first kappa shape index (κ1) is 14.8. The number of aromatic nitrogens is 2. The Morgan fingerprint density at radius 1 is 1.36 bits per heavy atom. The van der Waals surface area contributed by atoms with Gasteiger partial charge in [0.2, 0.25) is 5.95 Å². The molecule has 1 aromatic carbocycles. The maximum atomic E-state index is 9.00. The van der Waals surface area contributed by atoms with Crippen LogP contribution < -0.4 is 9.80 Å². The van der Waals surface area contributed by atoms with Crippen LogP contribution in [-0.2, 0) is 0 Å². The standard InChI is InChI=1S/C16H16BrN5/c1-21(16-19-6-2-7-20-16)14-5-8-22(11-14)13-4-3-12(10-18)15(17)9-13/h2-4,6-7,9,14H,5,8,11H2,1H3. The summed E-state index contributed by atoms with van der Waals surface area (Å²) in [4.78, 5) is 13.1. The first-order chi connectivity index (χ1) is 10.7. The van der Waals surface area contributed by atoms with Gasteiger partial charge in [0.05, 0.1) is 11.6 Å². The molecule has 3 rings (SSSR count). The first-order valence-electron chi connectivity index (χ1n) is 7.13. The van der Waals surface area contributed by atoms with Crippen LogP contribution in [0, 0.1) is 11.3 Å². The lowest BCUT2D eigenvalue weighted by molar-refractivity contribution is 0.674. The van der Waals surface area contributed by atoms with E-state index in [4.69, 9.17) is 5.26 Å². The second-order valence-electron chi connectivity index (χ2n) is 5.32. The van der Waals surface area contributed by atoms with Crippen molar-refractivity contribution >= 4 is 27.6 Å². The molecule has 0 aliphatic carbocycles. The predicted octanol–water partition coefficient (Wildman–Crippen LogP) is 2.83. The van der Waals surface area contributed by atoms with Gasteiger partial charge in [0.1, 0.15) is 6.07 Å². The zero-order chi connectivity index (χ0) is 15.5. The Morgan fingerprint density at radius 3 is 2.82 bits per heavy atom. The minimum atomic E-state index is 0.386. The Hall–Kier alpha value is -2.13. The van der Waals surface area contributed by atoms with Gasteiger partial charge in [0.25, 0.3) is 0 Å². The number of halogens is 1. The van der Waals surface area contributed by atoms with E-state index >= 15 is 0 Å². The van der Waals surface area contributed by atoms with Crippen molar-refractivity contribution in [1.82, 2.24) is 9.97 Å². The molecular weight excluding hydrogens is 342 g/mol. The number of anilines is 2. The van der Waals surface area contributed by atoms with Crippen LogP contribution in [-0.4, -0.2) is 36.1 Å². The highest BCUT2D eigenvalue weighted by atomic mass is 79.9. The topological polar surface area (TPSA) is 56.1 Å². The Kier molecular flexibility index (Phi) is 4.25. The summed E-state index contributed by atoms with van der Waals surface area (Å²) in [7, 11) is 2.04. The smallest absolute Gasteiger partial charge is 0.225 e. The first-order valence-corrected chi connectivity index (χ1v) is 7.93. The van der Waals surface area contributed by atoms with Gasteiger partial charge < -0.3 is 9.80 Å². The number of hydrogen-bond donors (Lipinski definition) is 0. The molecule has 1 unspecified atom stereocenters. The second kappa shape index (κ2) is 6.32. The highest BCUT2D eigenvalue weighted by Crippen LogP contribution is 2.28. The molecule has 1 saturated heterocycles. The van der Waals surface area contributed by atoms with Crippen LogP contribution in [0.25, 0.3) is 0 Å². The van der Waals surface area contributed by atoms with E-state index in [2.05, 4.69) is 41.8 Å². The molecule has 5 nitrogen and oxygen atoms in total. The molecule has 0 spiro atoms. The molecule has 1 atom stereocenters. The monoisotopic (exact) mass is 357 g/mol. The second-order valence-corrected chi connectivity index (χ2v) is 6.18. The molecule has 0 saturated carbocycles. The van der Waals surface area contributed by atoms with Gasteiger partial charge in [-0.3, -0.25) is 0 Å². The van der Waals surface area contributed by atoms with Crippen molar-refractivity contribution in [2.45, 2.75) is 12.5 Å². The maximum Gasteiger partial charge on any atom is 0.225 e. The van der Waals surface area contributed by atoms with Crippen LogP contribution in [0.3, 0.4) is 0 Å². The molecule has 0 amide bonds. The molecule has 0 radical (unpaired) electrons. The maximum absolute atomic E-state index is 9.00. The third kappa shape index (κ3) is 2.90. The summed E-state index contributed by atoms with van der Waals surface area (Å²) >= 11 is 3.46. The number of nitrogens with zero attached hydrogens (tertiary/aromatic N) is 5. The molecule has 2 heterocycles. The molecule has 1 aliphatic rings. The lowest BCUT2D eigenvalue weighted by Gasteiger charge is -2.25. The van der Waals surface area contributed by atoms with Gasteiger partial charge in [-0.25, -0.2) is 9.97 Å². The largest absolute Gasteiger partial charge is 0.369 e. The van der Waals surface area contributed by atoms with E-state index in [1.807, 2.05) is 31.3 Å². The van der Waals surface area contributed by atoms with Crippen molar-refractivity contribution in [1.29, 1.82) is 5.26 Å². The summed E-state index contributed by atoms with van der Waals surface area (Å²) < 4.78 is 0.843. The van der Waals surface area contributed by atoms with E-state index in [1.165, 1.54) is 0 Å². The molecule has 2 aromatic rings. The SMILES string of the molecule is CN(c1ncccn1)C1CCN(c2ccc(C#N)c(Br)c2)C1. The van der Waals surface area contributed by atoms with Crippen LogP contribution in [0.1, 0.15) is 12.0 Å². The van der Waals surface area contributed by atoms with Gasteiger partial charge in [0.15, 0.2) is 0 Å². The van der Waals surface area contributed by atoms with Gasteiger partial charge in [-0.2, -0.15) is 5.26 Å². The summed E-state index contributed by atoms with van der Waals surface area (Å²) in [6.07, 6.45) is 4.60. The van der Waals surface area contributed by atoms with Gasteiger partial charge in [-0.1, -0.05) is 0 Å².